The summed E-state index contributed by atoms with van der Waals surface area (Å²) in [4.78, 5) is 38.1. The quantitative estimate of drug-likeness (QED) is 0.522. The molecule has 0 aliphatic carbocycles. The lowest BCUT2D eigenvalue weighted by atomic mass is 9.97. The number of carbonyl (C=O) groups is 3. The van der Waals surface area contributed by atoms with Crippen LogP contribution in [0.1, 0.15) is 27.7 Å². The van der Waals surface area contributed by atoms with Gasteiger partial charge < -0.3 is 23.7 Å². The van der Waals surface area contributed by atoms with Gasteiger partial charge in [0.05, 0.1) is 0 Å². The third-order valence-electron chi connectivity index (χ3n) is 3.29. The van der Waals surface area contributed by atoms with Gasteiger partial charge in [-0.2, -0.15) is 0 Å². The van der Waals surface area contributed by atoms with E-state index in [2.05, 4.69) is 4.99 Å². The summed E-state index contributed by atoms with van der Waals surface area (Å²) in [6.45, 7) is 5.17. The first-order valence-electron chi connectivity index (χ1n) is 7.12. The second-order valence-electron chi connectivity index (χ2n) is 5.25. The number of aliphatic imine (C=N–C) groups is 1. The number of carbonyl (C=O) groups excluding carboxylic acids is 3. The van der Waals surface area contributed by atoms with E-state index in [9.17, 15) is 14.4 Å². The van der Waals surface area contributed by atoms with E-state index >= 15 is 0 Å². The summed E-state index contributed by atoms with van der Waals surface area (Å²) in [7, 11) is 0. The van der Waals surface area contributed by atoms with Gasteiger partial charge in [-0.1, -0.05) is 0 Å². The molecule has 0 spiro atoms. The minimum Gasteiger partial charge on any atom is -0.463 e. The average Bonchev–Trinajstić information content (AvgIpc) is 2.78. The molecule has 0 unspecified atom stereocenters. The Morgan fingerprint density at radius 2 is 1.65 bits per heavy atom. The van der Waals surface area contributed by atoms with Crippen LogP contribution in [-0.4, -0.2) is 61.1 Å². The molecular formula is C14H19NO8. The summed E-state index contributed by atoms with van der Waals surface area (Å²) in [5, 5.41) is 0. The maximum Gasteiger partial charge on any atom is 0.303 e. The normalized spacial score (nSPS) is 32.2. The lowest BCUT2D eigenvalue weighted by molar-refractivity contribution is -0.249. The molecule has 128 valence electrons. The number of hydrogen-bond donors (Lipinski definition) is 0. The molecule has 9 nitrogen and oxygen atoms in total. The highest BCUT2D eigenvalue weighted by atomic mass is 16.7. The summed E-state index contributed by atoms with van der Waals surface area (Å²) in [5.41, 5.74) is 0. The van der Waals surface area contributed by atoms with Gasteiger partial charge in [0.15, 0.2) is 24.1 Å². The molecular weight excluding hydrogens is 310 g/mol. The van der Waals surface area contributed by atoms with Crippen molar-refractivity contribution in [3.05, 3.63) is 0 Å². The fraction of sp³-hybridized carbons (Fsp3) is 0.714. The molecule has 9 heteroatoms. The van der Waals surface area contributed by atoms with Gasteiger partial charge in [0.2, 0.25) is 6.29 Å². The van der Waals surface area contributed by atoms with Crippen LogP contribution in [0, 0.1) is 0 Å². The van der Waals surface area contributed by atoms with Crippen molar-refractivity contribution in [3.63, 3.8) is 0 Å². The molecule has 2 heterocycles. The Morgan fingerprint density at radius 3 is 2.22 bits per heavy atom. The van der Waals surface area contributed by atoms with Crippen LogP contribution >= 0.6 is 0 Å². The fourth-order valence-corrected chi connectivity index (χ4v) is 2.53. The molecule has 1 fully saturated rings. The molecule has 0 bridgehead atoms. The Labute approximate surface area is 132 Å². The van der Waals surface area contributed by atoms with Gasteiger partial charge in [-0.15, -0.1) is 0 Å². The zero-order chi connectivity index (χ0) is 17.1. The fourth-order valence-electron chi connectivity index (χ4n) is 2.53. The molecule has 5 atom stereocenters. The predicted molar refractivity (Wildman–Crippen MR) is 74.4 cm³/mol. The van der Waals surface area contributed by atoms with Gasteiger partial charge in [0, 0.05) is 27.7 Å². The minimum atomic E-state index is -0.963. The third-order valence-corrected chi connectivity index (χ3v) is 3.29. The summed E-state index contributed by atoms with van der Waals surface area (Å²) < 4.78 is 26.5. The monoisotopic (exact) mass is 329 g/mol. The molecule has 2 rings (SSSR count). The third kappa shape index (κ3) is 4.19. The van der Waals surface area contributed by atoms with Gasteiger partial charge in [-0.3, -0.25) is 14.4 Å². The van der Waals surface area contributed by atoms with E-state index in [1.165, 1.54) is 20.8 Å². The Morgan fingerprint density at radius 1 is 1.04 bits per heavy atom. The van der Waals surface area contributed by atoms with Crippen LogP contribution in [0.3, 0.4) is 0 Å². The molecule has 1 saturated heterocycles. The van der Waals surface area contributed by atoms with Gasteiger partial charge in [0.25, 0.3) is 0 Å². The van der Waals surface area contributed by atoms with Crippen LogP contribution in [0.15, 0.2) is 4.99 Å². The zero-order valence-electron chi connectivity index (χ0n) is 13.3. The maximum absolute atomic E-state index is 11.4. The largest absolute Gasteiger partial charge is 0.463 e. The van der Waals surface area contributed by atoms with Crippen molar-refractivity contribution in [1.82, 2.24) is 0 Å². The molecule has 0 aromatic heterocycles. The van der Waals surface area contributed by atoms with E-state index < -0.39 is 48.6 Å². The second-order valence-corrected chi connectivity index (χ2v) is 5.25. The average molecular weight is 329 g/mol. The van der Waals surface area contributed by atoms with E-state index in [0.717, 1.165) is 0 Å². The van der Waals surface area contributed by atoms with Crippen molar-refractivity contribution in [3.8, 4) is 0 Å². The van der Waals surface area contributed by atoms with Gasteiger partial charge in [-0.25, -0.2) is 4.99 Å². The van der Waals surface area contributed by atoms with E-state index in [-0.39, 0.29) is 6.61 Å². The molecule has 23 heavy (non-hydrogen) atoms. The van der Waals surface area contributed by atoms with Crippen molar-refractivity contribution < 1.29 is 38.1 Å². The lowest BCUT2D eigenvalue weighted by Gasteiger charge is -2.40. The zero-order valence-corrected chi connectivity index (χ0v) is 13.3. The van der Waals surface area contributed by atoms with Gasteiger partial charge >= 0.3 is 17.9 Å². The highest BCUT2D eigenvalue weighted by Gasteiger charge is 2.53. The highest BCUT2D eigenvalue weighted by molar-refractivity contribution is 5.75. The van der Waals surface area contributed by atoms with Crippen LogP contribution in [0.4, 0.5) is 0 Å². The van der Waals surface area contributed by atoms with E-state index in [4.69, 9.17) is 23.7 Å². The van der Waals surface area contributed by atoms with Crippen LogP contribution < -0.4 is 0 Å². The number of rotatable bonds is 4. The van der Waals surface area contributed by atoms with Gasteiger partial charge in [-0.05, 0) is 0 Å². The van der Waals surface area contributed by atoms with Gasteiger partial charge in [0.1, 0.15) is 12.7 Å². The van der Waals surface area contributed by atoms with Crippen LogP contribution in [0.25, 0.3) is 0 Å². The molecule has 0 N–H and O–H groups in total. The number of esters is 3. The Hall–Kier alpha value is -2.16. The van der Waals surface area contributed by atoms with Crippen LogP contribution in [0.5, 0.6) is 0 Å². The molecule has 0 saturated carbocycles. The maximum atomic E-state index is 11.4. The van der Waals surface area contributed by atoms with Crippen molar-refractivity contribution >= 4 is 23.8 Å². The number of ether oxygens (including phenoxy) is 5. The molecule has 2 aliphatic rings. The molecule has 0 aromatic carbocycles. The number of fused-ring (bicyclic) bond motifs is 1. The molecule has 0 radical (unpaired) electrons. The minimum absolute atomic E-state index is 0.170. The summed E-state index contributed by atoms with van der Waals surface area (Å²) in [6, 6.07) is -0.656. The van der Waals surface area contributed by atoms with Crippen LogP contribution in [-0.2, 0) is 38.1 Å². The van der Waals surface area contributed by atoms with Crippen molar-refractivity contribution in [2.75, 3.05) is 6.61 Å². The lowest BCUT2D eigenvalue weighted by Crippen LogP contribution is -2.60. The smallest absolute Gasteiger partial charge is 0.303 e. The van der Waals surface area contributed by atoms with Crippen LogP contribution in [0.2, 0.25) is 0 Å². The van der Waals surface area contributed by atoms with E-state index in [1.54, 1.807) is 6.92 Å². The SMILES string of the molecule is CC(=O)OC[C@@H]1O[C@@H]2OC(C)=N[C@H]2[C@H](OC(C)=O)[C@@H]1OC(C)=O. The Kier molecular flexibility index (Phi) is 5.19. The first-order valence-corrected chi connectivity index (χ1v) is 7.12. The number of nitrogens with zero attached hydrogens (tertiary/aromatic N) is 1. The van der Waals surface area contributed by atoms with Crippen molar-refractivity contribution in [2.24, 2.45) is 4.99 Å². The van der Waals surface area contributed by atoms with E-state index in [0.29, 0.717) is 5.90 Å². The first-order chi connectivity index (χ1) is 10.8. The Balaban J connectivity index is 2.26. The second kappa shape index (κ2) is 6.95. The first kappa shape index (κ1) is 17.2. The summed E-state index contributed by atoms with van der Waals surface area (Å²) in [6.07, 6.45) is -3.50. The standard InChI is InChI=1S/C14H19NO8/c1-6-15-11-13(22-9(4)18)12(21-8(3)17)10(5-19-7(2)16)23-14(11)20-6/h10-14H,5H2,1-4H3/t10-,11-,12+,13-,14-/m0/s1. The van der Waals surface area contributed by atoms with Crippen molar-refractivity contribution in [2.45, 2.75) is 58.3 Å². The van der Waals surface area contributed by atoms with E-state index in [1.807, 2.05) is 0 Å². The number of hydrogen-bond acceptors (Lipinski definition) is 9. The highest BCUT2D eigenvalue weighted by Crippen LogP contribution is 2.32. The van der Waals surface area contributed by atoms with Crippen molar-refractivity contribution in [1.29, 1.82) is 0 Å². The summed E-state index contributed by atoms with van der Waals surface area (Å²) >= 11 is 0. The molecule has 0 aromatic rings. The summed E-state index contributed by atoms with van der Waals surface area (Å²) in [5.74, 6) is -1.28. The molecule has 2 aliphatic heterocycles. The molecule has 0 amide bonds. The predicted octanol–water partition coefficient (Wildman–Crippen LogP) is -0.0450. The Bertz CT molecular complexity index is 531. The topological polar surface area (TPSA) is 110 Å².